The van der Waals surface area contributed by atoms with Crippen LogP contribution in [0.15, 0.2) is 73.1 Å². The molecule has 2 aromatic heterocycles. The molecule has 1 atom stereocenters. The zero-order chi connectivity index (χ0) is 23.8. The quantitative estimate of drug-likeness (QED) is 0.255. The van der Waals surface area contributed by atoms with Gasteiger partial charge in [0.15, 0.2) is 5.65 Å². The number of rotatable bonds is 5. The van der Waals surface area contributed by atoms with Crippen molar-refractivity contribution >= 4 is 22.8 Å². The van der Waals surface area contributed by atoms with Gasteiger partial charge in [-0.15, -0.1) is 5.56 Å². The van der Waals surface area contributed by atoms with Crippen molar-refractivity contribution in [2.45, 2.75) is 12.5 Å². The zero-order valence-electron chi connectivity index (χ0n) is 19.5. The van der Waals surface area contributed by atoms with Gasteiger partial charge in [-0.1, -0.05) is 6.08 Å². The molecule has 1 aliphatic rings. The van der Waals surface area contributed by atoms with E-state index in [-0.39, 0.29) is 43.1 Å². The number of carbonyl (C=O) groups excluding carboxylic acids is 1. The van der Waals surface area contributed by atoms with E-state index in [1.54, 1.807) is 19.3 Å². The number of benzene rings is 2. The maximum Gasteiger partial charge on any atom is 2.00 e. The number of nitrogen functional groups attached to an aromatic ring is 1. The van der Waals surface area contributed by atoms with E-state index < -0.39 is 0 Å². The molecule has 1 unspecified atom stereocenters. The second-order valence-corrected chi connectivity index (χ2v) is 7.70. The third-order valence-corrected chi connectivity index (χ3v) is 5.46. The molecule has 3 heterocycles. The Morgan fingerprint density at radius 1 is 1.17 bits per heavy atom. The number of likely N-dealkylation sites (tertiary alicyclic amines) is 1. The van der Waals surface area contributed by atoms with Crippen molar-refractivity contribution < 1.29 is 40.6 Å². The monoisotopic (exact) mass is 692 g/mol. The van der Waals surface area contributed by atoms with E-state index in [0.29, 0.717) is 31.2 Å². The molecule has 4 aromatic rings. The normalized spacial score (nSPS) is 15.0. The van der Waals surface area contributed by atoms with Crippen molar-refractivity contribution in [1.29, 1.82) is 0 Å². The van der Waals surface area contributed by atoms with Gasteiger partial charge in [-0.25, -0.2) is 14.6 Å². The second-order valence-electron chi connectivity index (χ2n) is 7.70. The summed E-state index contributed by atoms with van der Waals surface area (Å²) in [7, 11) is 1.60. The second kappa shape index (κ2) is 13.2. The molecule has 0 spiro atoms. The Hall–Kier alpha value is -2.99. The minimum atomic E-state index is -0.0241. The number of anilines is 1. The van der Waals surface area contributed by atoms with Gasteiger partial charge in [-0.3, -0.25) is 4.79 Å². The molecule has 0 aliphatic carbocycles. The average Bonchev–Trinajstić information content (AvgIpc) is 3.52. The van der Waals surface area contributed by atoms with Gasteiger partial charge in [-0.05, 0) is 6.42 Å². The standard InChI is InChI=1S/C20H21N6O2.C6H5.U/c1-28-11-5-8-16(27)25-10-9-15(12-25)26-20-17(19(21)22-13-23-20)18(24-26)14-6-3-2-4-7-14;1-2-4-6-5-3-1;/h3-8,13,15H,9-12H2,1H3,(H2,21,22,23);1-5H;/q2*-1;+2/b8-5+;;. The molecule has 8 nitrogen and oxygen atoms in total. The summed E-state index contributed by atoms with van der Waals surface area (Å²) in [5, 5.41) is 5.55. The van der Waals surface area contributed by atoms with Crippen molar-refractivity contribution in [3.8, 4) is 11.3 Å². The molecule has 1 fully saturated rings. The number of fused-ring (bicyclic) bond motifs is 1. The van der Waals surface area contributed by atoms with Crippen molar-refractivity contribution in [3.63, 3.8) is 0 Å². The maximum atomic E-state index is 12.3. The molecule has 1 saturated heterocycles. The van der Waals surface area contributed by atoms with E-state index in [1.165, 1.54) is 6.33 Å². The van der Waals surface area contributed by atoms with E-state index in [2.05, 4.69) is 22.1 Å². The van der Waals surface area contributed by atoms with Gasteiger partial charge >= 0.3 is 31.1 Å². The van der Waals surface area contributed by atoms with Crippen LogP contribution >= 0.6 is 0 Å². The van der Waals surface area contributed by atoms with E-state index in [1.807, 2.05) is 64.2 Å². The van der Waals surface area contributed by atoms with Crippen LogP contribution in [0.3, 0.4) is 0 Å². The first kappa shape index (κ1) is 26.6. The summed E-state index contributed by atoms with van der Waals surface area (Å²) in [6.07, 6.45) is 5.52. The van der Waals surface area contributed by atoms with Gasteiger partial charge in [0.2, 0.25) is 5.91 Å². The molecule has 2 aromatic carbocycles. The summed E-state index contributed by atoms with van der Waals surface area (Å²) in [5.74, 6) is 0.372. The Balaban J connectivity index is 0.000000429. The Morgan fingerprint density at radius 2 is 1.91 bits per heavy atom. The molecule has 35 heavy (non-hydrogen) atoms. The van der Waals surface area contributed by atoms with Crippen molar-refractivity contribution in [3.05, 3.63) is 85.2 Å². The number of hydrogen-bond donors (Lipinski definition) is 1. The first-order valence-electron chi connectivity index (χ1n) is 11.0. The molecule has 0 radical (unpaired) electrons. The summed E-state index contributed by atoms with van der Waals surface area (Å²) >= 11 is 0. The first-order valence-corrected chi connectivity index (χ1v) is 11.0. The number of aromatic nitrogens is 4. The van der Waals surface area contributed by atoms with Gasteiger partial charge < -0.3 is 15.4 Å². The van der Waals surface area contributed by atoms with Crippen LogP contribution in [0.5, 0.6) is 0 Å². The Labute approximate surface area is 228 Å². The minimum absolute atomic E-state index is 0. The van der Waals surface area contributed by atoms with Crippen LogP contribution in [0, 0.1) is 43.2 Å². The number of nitrogens with zero attached hydrogens (tertiary/aromatic N) is 5. The molecule has 0 saturated carbocycles. The van der Waals surface area contributed by atoms with E-state index in [4.69, 9.17) is 15.6 Å². The smallest absolute Gasteiger partial charge is 0.383 e. The maximum absolute atomic E-state index is 12.3. The fourth-order valence-electron chi connectivity index (χ4n) is 3.83. The summed E-state index contributed by atoms with van der Waals surface area (Å²) < 4.78 is 6.83. The van der Waals surface area contributed by atoms with Crippen molar-refractivity contribution in [2.24, 2.45) is 0 Å². The topological polar surface area (TPSA) is 99.2 Å². The fraction of sp³-hybridized carbons (Fsp3) is 0.231. The molecule has 5 rings (SSSR count). The van der Waals surface area contributed by atoms with Crippen LogP contribution in [0.4, 0.5) is 5.82 Å². The van der Waals surface area contributed by atoms with E-state index in [9.17, 15) is 4.79 Å². The zero-order valence-corrected chi connectivity index (χ0v) is 23.6. The van der Waals surface area contributed by atoms with Gasteiger partial charge in [-0.2, -0.15) is 71.8 Å². The number of amides is 1. The van der Waals surface area contributed by atoms with Gasteiger partial charge in [0.1, 0.15) is 12.1 Å². The largest absolute Gasteiger partial charge is 2.00 e. The summed E-state index contributed by atoms with van der Waals surface area (Å²) in [5.41, 5.74) is 8.51. The Kier molecular flexibility index (Phi) is 10.0. The van der Waals surface area contributed by atoms with E-state index >= 15 is 0 Å². The summed E-state index contributed by atoms with van der Waals surface area (Å²) in [6, 6.07) is 23.1. The summed E-state index contributed by atoms with van der Waals surface area (Å²) in [4.78, 5) is 22.7. The average molecular weight is 693 g/mol. The van der Waals surface area contributed by atoms with Crippen molar-refractivity contribution in [1.82, 2.24) is 24.6 Å². The van der Waals surface area contributed by atoms with Gasteiger partial charge in [0.05, 0.1) is 23.7 Å². The number of ether oxygens (including phenoxy) is 1. The molecular weight excluding hydrogens is 666 g/mol. The predicted molar refractivity (Wildman–Crippen MR) is 131 cm³/mol. The van der Waals surface area contributed by atoms with Gasteiger partial charge in [0.25, 0.3) is 0 Å². The fourth-order valence-corrected chi connectivity index (χ4v) is 3.83. The third-order valence-electron chi connectivity index (χ3n) is 5.46. The van der Waals surface area contributed by atoms with Crippen LogP contribution in [0.1, 0.15) is 12.5 Å². The molecule has 1 aliphatic heterocycles. The first-order chi connectivity index (χ1) is 16.7. The van der Waals surface area contributed by atoms with Crippen LogP contribution < -0.4 is 5.73 Å². The predicted octanol–water partition coefficient (Wildman–Crippen LogP) is 3.34. The molecular formula is C26H26N6O2U. The number of hydrogen-bond acceptors (Lipinski definition) is 6. The van der Waals surface area contributed by atoms with Gasteiger partial charge in [0, 0.05) is 26.3 Å². The third kappa shape index (κ3) is 6.57. The molecule has 176 valence electrons. The Morgan fingerprint density at radius 3 is 2.57 bits per heavy atom. The van der Waals surface area contributed by atoms with Crippen LogP contribution in [-0.2, 0) is 9.53 Å². The number of carbonyl (C=O) groups is 1. The molecule has 2 N–H and O–H groups in total. The van der Waals surface area contributed by atoms with Crippen LogP contribution in [0.25, 0.3) is 22.3 Å². The molecule has 0 bridgehead atoms. The van der Waals surface area contributed by atoms with Crippen LogP contribution in [-0.4, -0.2) is 57.4 Å². The number of methoxy groups -OCH3 is 1. The van der Waals surface area contributed by atoms with Crippen LogP contribution in [0.2, 0.25) is 0 Å². The molecule has 9 heteroatoms. The Bertz CT molecular complexity index is 1220. The van der Waals surface area contributed by atoms with E-state index in [0.717, 1.165) is 23.1 Å². The SMILES string of the molecule is COC/C=C/C(=O)N1CCC(n2nc(-c3cc[c-]cc3)c3c(N)ncnc32)C1.[U+2].[c-]1ccccc1. The summed E-state index contributed by atoms with van der Waals surface area (Å²) in [6.45, 7) is 1.65. The number of nitrogens with two attached hydrogens (primary N) is 1. The minimum Gasteiger partial charge on any atom is -0.383 e. The molecule has 1 amide bonds. The van der Waals surface area contributed by atoms with Crippen molar-refractivity contribution in [2.75, 3.05) is 32.5 Å².